The third-order valence-corrected chi connectivity index (χ3v) is 4.98. The van der Waals surface area contributed by atoms with Crippen LogP contribution in [0.15, 0.2) is 66.7 Å². The van der Waals surface area contributed by atoms with Gasteiger partial charge in [0.25, 0.3) is 11.8 Å². The number of hydrazine groups is 1. The third kappa shape index (κ3) is 5.73. The highest BCUT2D eigenvalue weighted by atomic mass is 16.5. The Labute approximate surface area is 180 Å². The van der Waals surface area contributed by atoms with Gasteiger partial charge >= 0.3 is 0 Å². The van der Waals surface area contributed by atoms with Gasteiger partial charge in [0.1, 0.15) is 18.1 Å². The number of rotatable bonds is 7. The molecule has 0 aliphatic carbocycles. The van der Waals surface area contributed by atoms with E-state index in [9.17, 15) is 9.59 Å². The van der Waals surface area contributed by atoms with Gasteiger partial charge < -0.3 is 14.2 Å². The topological polar surface area (TPSA) is 85.9 Å². The molecule has 1 saturated heterocycles. The first kappa shape index (κ1) is 20.7. The minimum Gasteiger partial charge on any atom is -0.491 e. The van der Waals surface area contributed by atoms with Crippen molar-refractivity contribution >= 4 is 22.6 Å². The maximum atomic E-state index is 12.2. The summed E-state index contributed by atoms with van der Waals surface area (Å²) in [6, 6.07) is 20.2. The Balaban J connectivity index is 1.20. The predicted molar refractivity (Wildman–Crippen MR) is 116 cm³/mol. The minimum absolute atomic E-state index is 0.134. The minimum atomic E-state index is -0.460. The molecule has 1 unspecified atom stereocenters. The van der Waals surface area contributed by atoms with Crippen LogP contribution in [0.25, 0.3) is 10.8 Å². The lowest BCUT2D eigenvalue weighted by Crippen LogP contribution is -2.43. The summed E-state index contributed by atoms with van der Waals surface area (Å²) < 4.78 is 16.7. The van der Waals surface area contributed by atoms with Crippen LogP contribution in [-0.4, -0.2) is 37.7 Å². The van der Waals surface area contributed by atoms with E-state index in [2.05, 4.69) is 10.9 Å². The molecule has 7 nitrogen and oxygen atoms in total. The van der Waals surface area contributed by atoms with Gasteiger partial charge in [0.15, 0.2) is 6.61 Å². The highest BCUT2D eigenvalue weighted by Crippen LogP contribution is 2.20. The van der Waals surface area contributed by atoms with Crippen molar-refractivity contribution in [2.75, 3.05) is 19.8 Å². The first-order valence-corrected chi connectivity index (χ1v) is 10.2. The Morgan fingerprint density at radius 3 is 2.45 bits per heavy atom. The standard InChI is InChI=1S/C24H24N2O5/c27-23(16-31-21-12-7-17-4-1-2-5-19(17)14-21)25-26-24(28)18-8-10-20(11-9-18)30-15-22-6-3-13-29-22/h1-2,4-5,7-12,14,22H,3,6,13,15-16H2,(H,25,27)(H,26,28). The Hall–Kier alpha value is -3.58. The number of amides is 2. The molecule has 0 aromatic heterocycles. The molecule has 7 heteroatoms. The number of carbonyl (C=O) groups excluding carboxylic acids is 2. The zero-order valence-corrected chi connectivity index (χ0v) is 17.0. The number of hydrogen-bond donors (Lipinski definition) is 2. The van der Waals surface area contributed by atoms with E-state index < -0.39 is 11.8 Å². The molecule has 31 heavy (non-hydrogen) atoms. The fourth-order valence-electron chi connectivity index (χ4n) is 3.31. The van der Waals surface area contributed by atoms with Gasteiger partial charge in [-0.2, -0.15) is 0 Å². The average Bonchev–Trinajstić information content (AvgIpc) is 3.34. The predicted octanol–water partition coefficient (Wildman–Crippen LogP) is 3.24. The van der Waals surface area contributed by atoms with E-state index in [1.807, 2.05) is 36.4 Å². The Bertz CT molecular complexity index is 1050. The molecule has 0 radical (unpaired) electrons. The molecular formula is C24H24N2O5. The van der Waals surface area contributed by atoms with Gasteiger partial charge in [-0.25, -0.2) is 0 Å². The maximum Gasteiger partial charge on any atom is 0.276 e. The molecule has 2 N–H and O–H groups in total. The van der Waals surface area contributed by atoms with E-state index in [0.717, 1.165) is 30.2 Å². The van der Waals surface area contributed by atoms with Gasteiger partial charge in [0.2, 0.25) is 0 Å². The summed E-state index contributed by atoms with van der Waals surface area (Å²) in [4.78, 5) is 24.2. The highest BCUT2D eigenvalue weighted by Gasteiger charge is 2.16. The number of carbonyl (C=O) groups is 2. The van der Waals surface area contributed by atoms with Crippen molar-refractivity contribution < 1.29 is 23.8 Å². The molecular weight excluding hydrogens is 396 g/mol. The summed E-state index contributed by atoms with van der Waals surface area (Å²) in [7, 11) is 0. The lowest BCUT2D eigenvalue weighted by Gasteiger charge is -2.12. The lowest BCUT2D eigenvalue weighted by molar-refractivity contribution is -0.123. The number of hydrogen-bond acceptors (Lipinski definition) is 5. The van der Waals surface area contributed by atoms with E-state index in [1.54, 1.807) is 30.3 Å². The molecule has 0 saturated carbocycles. The molecule has 3 aromatic carbocycles. The molecule has 2 amide bonds. The molecule has 1 fully saturated rings. The van der Waals surface area contributed by atoms with Crippen molar-refractivity contribution in [2.45, 2.75) is 18.9 Å². The Kier molecular flexibility index (Phi) is 6.64. The van der Waals surface area contributed by atoms with Crippen LogP contribution in [0.4, 0.5) is 0 Å². The summed E-state index contributed by atoms with van der Waals surface area (Å²) in [5.74, 6) is 0.362. The Morgan fingerprint density at radius 2 is 1.68 bits per heavy atom. The van der Waals surface area contributed by atoms with Crippen LogP contribution >= 0.6 is 0 Å². The van der Waals surface area contributed by atoms with E-state index in [0.29, 0.717) is 23.7 Å². The molecule has 4 rings (SSSR count). The third-order valence-electron chi connectivity index (χ3n) is 4.98. The molecule has 0 bridgehead atoms. The van der Waals surface area contributed by atoms with Crippen molar-refractivity contribution in [3.8, 4) is 11.5 Å². The van der Waals surface area contributed by atoms with Gasteiger partial charge in [-0.3, -0.25) is 20.4 Å². The zero-order chi connectivity index (χ0) is 21.5. The Morgan fingerprint density at radius 1 is 0.903 bits per heavy atom. The number of benzene rings is 3. The zero-order valence-electron chi connectivity index (χ0n) is 17.0. The molecule has 0 spiro atoms. The summed E-state index contributed by atoms with van der Waals surface area (Å²) in [5, 5.41) is 2.12. The number of ether oxygens (including phenoxy) is 3. The highest BCUT2D eigenvalue weighted by molar-refractivity contribution is 5.95. The van der Waals surface area contributed by atoms with Crippen LogP contribution in [0.2, 0.25) is 0 Å². The maximum absolute atomic E-state index is 12.2. The van der Waals surface area contributed by atoms with Crippen LogP contribution < -0.4 is 20.3 Å². The fraction of sp³-hybridized carbons (Fsp3) is 0.250. The molecule has 3 aromatic rings. The fourth-order valence-corrected chi connectivity index (χ4v) is 3.31. The van der Waals surface area contributed by atoms with Gasteiger partial charge in [0, 0.05) is 12.2 Å². The quantitative estimate of drug-likeness (QED) is 0.573. The van der Waals surface area contributed by atoms with Crippen LogP contribution in [0.3, 0.4) is 0 Å². The van der Waals surface area contributed by atoms with Crippen molar-refractivity contribution in [3.05, 3.63) is 72.3 Å². The van der Waals surface area contributed by atoms with Crippen molar-refractivity contribution in [1.29, 1.82) is 0 Å². The smallest absolute Gasteiger partial charge is 0.276 e. The van der Waals surface area contributed by atoms with Crippen molar-refractivity contribution in [3.63, 3.8) is 0 Å². The average molecular weight is 420 g/mol. The summed E-state index contributed by atoms with van der Waals surface area (Å²) in [6.45, 7) is 1.07. The first-order chi connectivity index (χ1) is 15.2. The molecule has 1 heterocycles. The van der Waals surface area contributed by atoms with E-state index in [-0.39, 0.29) is 12.7 Å². The molecule has 1 aliphatic heterocycles. The SMILES string of the molecule is O=C(COc1ccc2ccccc2c1)NNC(=O)c1ccc(OCC2CCCO2)cc1. The summed E-state index contributed by atoms with van der Waals surface area (Å²) in [5.41, 5.74) is 5.14. The normalized spacial score (nSPS) is 15.4. The number of nitrogens with one attached hydrogen (secondary N) is 2. The number of fused-ring (bicyclic) bond motifs is 1. The van der Waals surface area contributed by atoms with Gasteiger partial charge in [0.05, 0.1) is 6.10 Å². The second kappa shape index (κ2) is 9.95. The van der Waals surface area contributed by atoms with Crippen LogP contribution in [-0.2, 0) is 9.53 Å². The van der Waals surface area contributed by atoms with Gasteiger partial charge in [-0.1, -0.05) is 30.3 Å². The van der Waals surface area contributed by atoms with E-state index >= 15 is 0 Å². The second-order valence-corrected chi connectivity index (χ2v) is 7.27. The summed E-state index contributed by atoms with van der Waals surface area (Å²) in [6.07, 6.45) is 2.20. The molecule has 1 aliphatic rings. The van der Waals surface area contributed by atoms with Gasteiger partial charge in [-0.15, -0.1) is 0 Å². The summed E-state index contributed by atoms with van der Waals surface area (Å²) >= 11 is 0. The van der Waals surface area contributed by atoms with Crippen molar-refractivity contribution in [2.24, 2.45) is 0 Å². The molecule has 160 valence electrons. The lowest BCUT2D eigenvalue weighted by atomic mass is 10.1. The van der Waals surface area contributed by atoms with E-state index in [1.165, 1.54) is 0 Å². The molecule has 1 atom stereocenters. The van der Waals surface area contributed by atoms with Crippen LogP contribution in [0, 0.1) is 0 Å². The van der Waals surface area contributed by atoms with Gasteiger partial charge in [-0.05, 0) is 60.0 Å². The van der Waals surface area contributed by atoms with Crippen LogP contribution in [0.5, 0.6) is 11.5 Å². The monoisotopic (exact) mass is 420 g/mol. The first-order valence-electron chi connectivity index (χ1n) is 10.2. The van der Waals surface area contributed by atoms with Crippen molar-refractivity contribution in [1.82, 2.24) is 10.9 Å². The van der Waals surface area contributed by atoms with Crippen LogP contribution in [0.1, 0.15) is 23.2 Å². The largest absolute Gasteiger partial charge is 0.491 e. The second-order valence-electron chi connectivity index (χ2n) is 7.27. The van der Waals surface area contributed by atoms with E-state index in [4.69, 9.17) is 14.2 Å².